The number of hydrogen-bond acceptors (Lipinski definition) is 2. The van der Waals surface area contributed by atoms with Crippen LogP contribution in [-0.2, 0) is 0 Å². The minimum atomic E-state index is -0.185. The number of aliphatic hydroxyl groups is 1. The van der Waals surface area contributed by atoms with Crippen molar-refractivity contribution < 1.29 is 5.11 Å². The van der Waals surface area contributed by atoms with Crippen molar-refractivity contribution in [2.45, 2.75) is 31.4 Å². The van der Waals surface area contributed by atoms with Gasteiger partial charge in [-0.1, -0.05) is 0 Å². The molecule has 1 saturated carbocycles. The van der Waals surface area contributed by atoms with Crippen LogP contribution in [0.15, 0.2) is 18.5 Å². The lowest BCUT2D eigenvalue weighted by Crippen LogP contribution is -2.18. The fourth-order valence-corrected chi connectivity index (χ4v) is 1.71. The van der Waals surface area contributed by atoms with Gasteiger partial charge in [-0.15, -0.1) is 0 Å². The van der Waals surface area contributed by atoms with Gasteiger partial charge in [0, 0.05) is 12.4 Å². The molecule has 1 aliphatic rings. The Bertz CT molecular complexity index is 220. The lowest BCUT2D eigenvalue weighted by Gasteiger charge is -2.14. The Kier molecular flexibility index (Phi) is 1.66. The number of hydrogen-bond donors (Lipinski definition) is 1. The maximum absolute atomic E-state index is 9.50. The van der Waals surface area contributed by atoms with E-state index in [0.717, 1.165) is 19.3 Å². The molecule has 1 fully saturated rings. The number of nitrogens with zero attached hydrogens (tertiary/aromatic N) is 2. The fourth-order valence-electron chi connectivity index (χ4n) is 1.71. The van der Waals surface area contributed by atoms with Gasteiger partial charge in [-0.2, -0.15) is 5.10 Å². The first-order valence-electron chi connectivity index (χ1n) is 4.05. The molecule has 1 aromatic rings. The van der Waals surface area contributed by atoms with Crippen molar-refractivity contribution in [2.75, 3.05) is 0 Å². The SMILES string of the molecule is O[C@H]1CCC[C@H]1n1cccn1. The summed E-state index contributed by atoms with van der Waals surface area (Å²) in [6, 6.07) is 2.12. The van der Waals surface area contributed by atoms with Crippen LogP contribution < -0.4 is 0 Å². The molecule has 1 N–H and O–H groups in total. The zero-order chi connectivity index (χ0) is 7.68. The zero-order valence-corrected chi connectivity index (χ0v) is 6.35. The minimum Gasteiger partial charge on any atom is -0.391 e. The summed E-state index contributed by atoms with van der Waals surface area (Å²) >= 11 is 0. The van der Waals surface area contributed by atoms with Gasteiger partial charge in [-0.3, -0.25) is 4.68 Å². The van der Waals surface area contributed by atoms with Crippen LogP contribution in [0.3, 0.4) is 0 Å². The van der Waals surface area contributed by atoms with Crippen LogP contribution in [0, 0.1) is 0 Å². The Balaban J connectivity index is 2.16. The molecule has 0 amide bonds. The maximum Gasteiger partial charge on any atom is 0.0778 e. The van der Waals surface area contributed by atoms with Crippen LogP contribution in [0.1, 0.15) is 25.3 Å². The Morgan fingerprint density at radius 1 is 1.45 bits per heavy atom. The molecule has 11 heavy (non-hydrogen) atoms. The molecule has 3 heteroatoms. The van der Waals surface area contributed by atoms with Crippen LogP contribution in [0.2, 0.25) is 0 Å². The van der Waals surface area contributed by atoms with Gasteiger partial charge in [0.05, 0.1) is 12.1 Å². The van der Waals surface area contributed by atoms with Crippen LogP contribution in [-0.4, -0.2) is 21.0 Å². The molecule has 1 aliphatic carbocycles. The summed E-state index contributed by atoms with van der Waals surface area (Å²) < 4.78 is 1.86. The van der Waals surface area contributed by atoms with Crippen molar-refractivity contribution in [3.05, 3.63) is 18.5 Å². The van der Waals surface area contributed by atoms with E-state index in [4.69, 9.17) is 0 Å². The highest BCUT2D eigenvalue weighted by Crippen LogP contribution is 2.28. The molecule has 2 rings (SSSR count). The Morgan fingerprint density at radius 3 is 2.91 bits per heavy atom. The van der Waals surface area contributed by atoms with Crippen molar-refractivity contribution in [3.8, 4) is 0 Å². The minimum absolute atomic E-state index is 0.185. The van der Waals surface area contributed by atoms with Crippen molar-refractivity contribution in [1.82, 2.24) is 9.78 Å². The highest BCUT2D eigenvalue weighted by molar-refractivity contribution is 4.87. The molecule has 0 saturated heterocycles. The number of aromatic nitrogens is 2. The molecule has 2 atom stereocenters. The quantitative estimate of drug-likeness (QED) is 0.651. The highest BCUT2D eigenvalue weighted by atomic mass is 16.3. The van der Waals surface area contributed by atoms with Gasteiger partial charge in [-0.25, -0.2) is 0 Å². The molecule has 0 aliphatic heterocycles. The molecule has 0 unspecified atom stereocenters. The summed E-state index contributed by atoms with van der Waals surface area (Å²) in [6.07, 6.45) is 6.58. The summed E-state index contributed by atoms with van der Waals surface area (Å²) in [5.41, 5.74) is 0. The number of rotatable bonds is 1. The monoisotopic (exact) mass is 152 g/mol. The van der Waals surface area contributed by atoms with Crippen LogP contribution in [0.5, 0.6) is 0 Å². The molecule has 0 spiro atoms. The third-order valence-corrected chi connectivity index (χ3v) is 2.31. The predicted octanol–water partition coefficient (Wildman–Crippen LogP) is 0.969. The first-order chi connectivity index (χ1) is 5.38. The molecule has 1 heterocycles. The van der Waals surface area contributed by atoms with E-state index in [2.05, 4.69) is 5.10 Å². The first kappa shape index (κ1) is 6.85. The van der Waals surface area contributed by atoms with Gasteiger partial charge in [0.25, 0.3) is 0 Å². The second-order valence-electron chi connectivity index (χ2n) is 3.05. The third kappa shape index (κ3) is 1.16. The van der Waals surface area contributed by atoms with Crippen molar-refractivity contribution in [3.63, 3.8) is 0 Å². The molecular formula is C8H12N2O. The Hall–Kier alpha value is -0.830. The average molecular weight is 152 g/mol. The van der Waals surface area contributed by atoms with E-state index in [-0.39, 0.29) is 12.1 Å². The summed E-state index contributed by atoms with van der Waals surface area (Å²) in [7, 11) is 0. The summed E-state index contributed by atoms with van der Waals surface area (Å²) in [5.74, 6) is 0. The summed E-state index contributed by atoms with van der Waals surface area (Å²) in [5, 5.41) is 13.6. The van der Waals surface area contributed by atoms with Crippen molar-refractivity contribution in [2.24, 2.45) is 0 Å². The zero-order valence-electron chi connectivity index (χ0n) is 6.35. The van der Waals surface area contributed by atoms with Gasteiger partial charge < -0.3 is 5.11 Å². The molecular weight excluding hydrogens is 140 g/mol. The first-order valence-corrected chi connectivity index (χ1v) is 4.05. The van der Waals surface area contributed by atoms with E-state index >= 15 is 0 Å². The largest absolute Gasteiger partial charge is 0.391 e. The third-order valence-electron chi connectivity index (χ3n) is 2.31. The van der Waals surface area contributed by atoms with Gasteiger partial charge in [0.15, 0.2) is 0 Å². The Labute approximate surface area is 65.7 Å². The normalized spacial score (nSPS) is 31.0. The highest BCUT2D eigenvalue weighted by Gasteiger charge is 2.26. The van der Waals surface area contributed by atoms with Crippen LogP contribution in [0.25, 0.3) is 0 Å². The maximum atomic E-state index is 9.50. The summed E-state index contributed by atoms with van der Waals surface area (Å²) in [6.45, 7) is 0. The summed E-state index contributed by atoms with van der Waals surface area (Å²) in [4.78, 5) is 0. The second-order valence-corrected chi connectivity index (χ2v) is 3.05. The van der Waals surface area contributed by atoms with Gasteiger partial charge >= 0.3 is 0 Å². The molecule has 0 radical (unpaired) electrons. The van der Waals surface area contributed by atoms with E-state index in [1.807, 2.05) is 16.9 Å². The van der Waals surface area contributed by atoms with Crippen molar-refractivity contribution in [1.29, 1.82) is 0 Å². The second kappa shape index (κ2) is 2.66. The molecule has 60 valence electrons. The Morgan fingerprint density at radius 2 is 2.36 bits per heavy atom. The van der Waals surface area contributed by atoms with E-state index < -0.39 is 0 Å². The predicted molar refractivity (Wildman–Crippen MR) is 41.1 cm³/mol. The van der Waals surface area contributed by atoms with Gasteiger partial charge in [-0.05, 0) is 25.3 Å². The number of aliphatic hydroxyl groups excluding tert-OH is 1. The standard InChI is InChI=1S/C8H12N2O/c11-8-4-1-3-7(8)10-6-2-5-9-10/h2,5-8,11H,1,3-4H2/t7-,8+/m1/s1. The van der Waals surface area contributed by atoms with E-state index in [1.165, 1.54) is 0 Å². The molecule has 3 nitrogen and oxygen atoms in total. The molecule has 0 aromatic carbocycles. The topological polar surface area (TPSA) is 38.0 Å². The van der Waals surface area contributed by atoms with E-state index in [1.54, 1.807) is 6.20 Å². The fraction of sp³-hybridized carbons (Fsp3) is 0.625. The van der Waals surface area contributed by atoms with E-state index in [9.17, 15) is 5.11 Å². The smallest absolute Gasteiger partial charge is 0.0778 e. The van der Waals surface area contributed by atoms with Gasteiger partial charge in [0.1, 0.15) is 0 Å². The molecule has 1 aromatic heterocycles. The van der Waals surface area contributed by atoms with E-state index in [0.29, 0.717) is 0 Å². The van der Waals surface area contributed by atoms with Gasteiger partial charge in [0.2, 0.25) is 0 Å². The molecule has 0 bridgehead atoms. The van der Waals surface area contributed by atoms with Crippen molar-refractivity contribution >= 4 is 0 Å². The lowest BCUT2D eigenvalue weighted by molar-refractivity contribution is 0.130. The average Bonchev–Trinajstić information content (AvgIpc) is 2.55. The van der Waals surface area contributed by atoms with Crippen LogP contribution in [0.4, 0.5) is 0 Å². The lowest BCUT2D eigenvalue weighted by atomic mass is 10.2. The van der Waals surface area contributed by atoms with Crippen LogP contribution >= 0.6 is 0 Å².